The van der Waals surface area contributed by atoms with Crippen molar-refractivity contribution in [2.45, 2.75) is 35.8 Å². The van der Waals surface area contributed by atoms with E-state index in [9.17, 15) is 23.6 Å². The fourth-order valence-corrected chi connectivity index (χ4v) is 6.45. The number of nitrogens with zero attached hydrogens (tertiary/aromatic N) is 2. The van der Waals surface area contributed by atoms with Crippen molar-refractivity contribution >= 4 is 66.9 Å². The number of imide groups is 1. The van der Waals surface area contributed by atoms with Crippen LogP contribution in [0.25, 0.3) is 0 Å². The Hall–Kier alpha value is -2.59. The van der Waals surface area contributed by atoms with Gasteiger partial charge in [0.05, 0.1) is 23.4 Å². The molecule has 2 aromatic carbocycles. The summed E-state index contributed by atoms with van der Waals surface area (Å²) in [7, 11) is 0. The minimum Gasteiger partial charge on any atom is -0.426 e. The molecule has 10 heteroatoms. The average molecular weight is 622 g/mol. The van der Waals surface area contributed by atoms with Crippen LogP contribution in [0.15, 0.2) is 42.5 Å². The van der Waals surface area contributed by atoms with Crippen molar-refractivity contribution in [1.29, 1.82) is 0 Å². The molecule has 1 aliphatic carbocycles. The Labute approximate surface area is 224 Å². The Bertz CT molecular complexity index is 1230. The molecular formula is C26H23Br2FN2O5. The van der Waals surface area contributed by atoms with E-state index in [4.69, 9.17) is 4.74 Å². The third-order valence-electron chi connectivity index (χ3n) is 7.14. The highest BCUT2D eigenvalue weighted by Gasteiger charge is 2.52. The summed E-state index contributed by atoms with van der Waals surface area (Å²) in [6, 6.07) is 10.3. The molecule has 0 bridgehead atoms. The molecule has 7 nitrogen and oxygen atoms in total. The number of alkyl halides is 2. The standard InChI is InChI=1S/C26H23Br2FN2O5/c1-13-8-17(36-26(35)14-9-23(32)30(12-14)16-4-2-15(29)3-5-16)6-7-22(13)31-24(33)18-10-20(27)21(28)11-19(18)25(31)34/h2-8,14,18-21H,9-12H2,1H3/t14-,18-,19+,20+,21-/m1/s1. The summed E-state index contributed by atoms with van der Waals surface area (Å²) in [5.74, 6) is -2.69. The first-order valence-electron chi connectivity index (χ1n) is 11.7. The zero-order valence-electron chi connectivity index (χ0n) is 19.3. The van der Waals surface area contributed by atoms with E-state index >= 15 is 0 Å². The van der Waals surface area contributed by atoms with Crippen LogP contribution in [0.4, 0.5) is 15.8 Å². The molecule has 1 saturated carbocycles. The Morgan fingerprint density at radius 2 is 1.58 bits per heavy atom. The molecule has 188 valence electrons. The molecule has 0 spiro atoms. The molecule has 36 heavy (non-hydrogen) atoms. The van der Waals surface area contributed by atoms with Gasteiger partial charge in [-0.2, -0.15) is 0 Å². The number of carbonyl (C=O) groups is 4. The van der Waals surface area contributed by atoms with Gasteiger partial charge in [-0.25, -0.2) is 9.29 Å². The second-order valence-corrected chi connectivity index (χ2v) is 11.8. The van der Waals surface area contributed by atoms with E-state index < -0.39 is 17.7 Å². The molecule has 0 aromatic heterocycles. The van der Waals surface area contributed by atoms with Gasteiger partial charge in [0.1, 0.15) is 11.6 Å². The monoisotopic (exact) mass is 620 g/mol. The van der Waals surface area contributed by atoms with Crippen molar-refractivity contribution in [2.75, 3.05) is 16.3 Å². The summed E-state index contributed by atoms with van der Waals surface area (Å²) < 4.78 is 18.8. The number of aryl methyl sites for hydroxylation is 1. The van der Waals surface area contributed by atoms with Crippen molar-refractivity contribution in [1.82, 2.24) is 0 Å². The van der Waals surface area contributed by atoms with Crippen molar-refractivity contribution in [3.05, 3.63) is 53.8 Å². The fraction of sp³-hybridized carbons (Fsp3) is 0.385. The first-order valence-corrected chi connectivity index (χ1v) is 13.5. The Kier molecular flexibility index (Phi) is 6.76. The molecule has 2 saturated heterocycles. The molecule has 2 heterocycles. The van der Waals surface area contributed by atoms with Crippen LogP contribution in [0.5, 0.6) is 5.75 Å². The highest BCUT2D eigenvalue weighted by molar-refractivity contribution is 9.12. The Morgan fingerprint density at radius 3 is 2.17 bits per heavy atom. The maximum Gasteiger partial charge on any atom is 0.316 e. The topological polar surface area (TPSA) is 84.0 Å². The quantitative estimate of drug-likeness (QED) is 0.217. The van der Waals surface area contributed by atoms with Gasteiger partial charge >= 0.3 is 5.97 Å². The summed E-state index contributed by atoms with van der Waals surface area (Å²) in [5, 5.41) is 0. The molecule has 5 atom stereocenters. The summed E-state index contributed by atoms with van der Waals surface area (Å²) in [5.41, 5.74) is 1.63. The third kappa shape index (κ3) is 4.49. The van der Waals surface area contributed by atoms with E-state index in [2.05, 4.69) is 31.9 Å². The van der Waals surface area contributed by atoms with Crippen molar-refractivity contribution in [2.24, 2.45) is 17.8 Å². The largest absolute Gasteiger partial charge is 0.426 e. The molecule has 0 unspecified atom stereocenters. The zero-order chi connectivity index (χ0) is 25.7. The minimum atomic E-state index is -0.665. The lowest BCUT2D eigenvalue weighted by Gasteiger charge is -2.29. The zero-order valence-corrected chi connectivity index (χ0v) is 22.5. The number of amides is 3. The summed E-state index contributed by atoms with van der Waals surface area (Å²) in [6.45, 7) is 1.90. The van der Waals surface area contributed by atoms with Gasteiger partial charge in [-0.1, -0.05) is 31.9 Å². The van der Waals surface area contributed by atoms with Gasteiger partial charge in [0, 0.05) is 28.3 Å². The lowest BCUT2D eigenvalue weighted by atomic mass is 9.81. The predicted molar refractivity (Wildman–Crippen MR) is 138 cm³/mol. The molecule has 3 aliphatic rings. The number of hydrogen-bond acceptors (Lipinski definition) is 5. The minimum absolute atomic E-state index is 0.00400. The summed E-state index contributed by atoms with van der Waals surface area (Å²) in [4.78, 5) is 54.4. The predicted octanol–water partition coefficient (Wildman–Crippen LogP) is 4.52. The first kappa shape index (κ1) is 25.1. The number of anilines is 2. The third-order valence-corrected chi connectivity index (χ3v) is 9.87. The van der Waals surface area contributed by atoms with Crippen molar-refractivity contribution in [3.63, 3.8) is 0 Å². The number of benzene rings is 2. The molecule has 3 fully saturated rings. The van der Waals surface area contributed by atoms with Crippen molar-refractivity contribution < 1.29 is 28.3 Å². The number of carbonyl (C=O) groups excluding carboxylic acids is 4. The number of fused-ring (bicyclic) bond motifs is 1. The van der Waals surface area contributed by atoms with E-state index in [1.165, 1.54) is 34.1 Å². The fourth-order valence-electron chi connectivity index (χ4n) is 5.21. The Balaban J connectivity index is 1.28. The number of rotatable bonds is 4. The second-order valence-electron chi connectivity index (χ2n) is 9.48. The van der Waals surface area contributed by atoms with Crippen molar-refractivity contribution in [3.8, 4) is 5.75 Å². The lowest BCUT2D eigenvalue weighted by molar-refractivity contribution is -0.139. The normalized spacial score (nSPS) is 28.0. The van der Waals surface area contributed by atoms with Gasteiger partial charge in [-0.05, 0) is 67.8 Å². The number of halogens is 3. The van der Waals surface area contributed by atoms with Gasteiger partial charge in [-0.15, -0.1) is 0 Å². The maximum atomic E-state index is 13.2. The van der Waals surface area contributed by atoms with Gasteiger partial charge < -0.3 is 9.64 Å². The highest BCUT2D eigenvalue weighted by Crippen LogP contribution is 2.45. The van der Waals surface area contributed by atoms with Crippen LogP contribution < -0.4 is 14.5 Å². The molecule has 0 N–H and O–H groups in total. The molecule has 2 aromatic rings. The SMILES string of the molecule is Cc1cc(OC(=O)[C@@H]2CC(=O)N(c3ccc(F)cc3)C2)ccc1N1C(=O)[C@H]2C[C@@H](Br)[C@@H](Br)C[C@H]2C1=O. The molecule has 2 aliphatic heterocycles. The highest BCUT2D eigenvalue weighted by atomic mass is 79.9. The van der Waals surface area contributed by atoms with E-state index in [-0.39, 0.29) is 57.9 Å². The van der Waals surface area contributed by atoms with Gasteiger partial charge in [0.25, 0.3) is 0 Å². The smallest absolute Gasteiger partial charge is 0.316 e. The van der Waals surface area contributed by atoms with Crippen LogP contribution in [0.2, 0.25) is 0 Å². The van der Waals surface area contributed by atoms with Gasteiger partial charge in [0.15, 0.2) is 0 Å². The van der Waals surface area contributed by atoms with Crippen LogP contribution in [0.3, 0.4) is 0 Å². The summed E-state index contributed by atoms with van der Waals surface area (Å²) in [6.07, 6.45) is 1.17. The van der Waals surface area contributed by atoms with Crippen LogP contribution in [0, 0.1) is 30.5 Å². The van der Waals surface area contributed by atoms with E-state index in [0.717, 1.165) is 0 Å². The number of hydrogen-bond donors (Lipinski definition) is 0. The molecular weight excluding hydrogens is 599 g/mol. The molecule has 0 radical (unpaired) electrons. The number of ether oxygens (including phenoxy) is 1. The van der Waals surface area contributed by atoms with Gasteiger partial charge in [0.2, 0.25) is 17.7 Å². The summed E-state index contributed by atoms with van der Waals surface area (Å²) >= 11 is 7.19. The lowest BCUT2D eigenvalue weighted by Crippen LogP contribution is -2.34. The second kappa shape index (κ2) is 9.70. The van der Waals surface area contributed by atoms with E-state index in [0.29, 0.717) is 29.8 Å². The Morgan fingerprint density at radius 1 is 0.972 bits per heavy atom. The maximum absolute atomic E-state index is 13.2. The van der Waals surface area contributed by atoms with Crippen LogP contribution >= 0.6 is 31.9 Å². The van der Waals surface area contributed by atoms with Crippen LogP contribution in [-0.2, 0) is 19.2 Å². The van der Waals surface area contributed by atoms with E-state index in [1.54, 1.807) is 25.1 Å². The van der Waals surface area contributed by atoms with Crippen LogP contribution in [-0.4, -0.2) is 39.9 Å². The number of esters is 1. The van der Waals surface area contributed by atoms with E-state index in [1.807, 2.05) is 0 Å². The first-order chi connectivity index (χ1) is 17.1. The van der Waals surface area contributed by atoms with Gasteiger partial charge in [-0.3, -0.25) is 19.2 Å². The van der Waals surface area contributed by atoms with Crippen LogP contribution in [0.1, 0.15) is 24.8 Å². The molecule has 5 rings (SSSR count). The average Bonchev–Trinajstić information content (AvgIpc) is 3.33. The molecule has 3 amide bonds.